The Bertz CT molecular complexity index is 505. The van der Waals surface area contributed by atoms with Crippen LogP contribution in [-0.4, -0.2) is 26.0 Å². The number of carboxylic acid groups (broad SMARTS) is 1. The molecule has 0 saturated carbocycles. The normalized spacial score (nSPS) is 10.2. The molecule has 2 aromatic rings. The Kier molecular flexibility index (Phi) is 2.21. The first-order valence-corrected chi connectivity index (χ1v) is 4.38. The SMILES string of the molecule is Cc1ncncc1-c1[nH]ccc1C(=O)O. The highest BCUT2D eigenvalue weighted by Gasteiger charge is 2.14. The van der Waals surface area contributed by atoms with Gasteiger partial charge in [0.15, 0.2) is 0 Å². The van der Waals surface area contributed by atoms with E-state index in [1.165, 1.54) is 12.4 Å². The zero-order valence-electron chi connectivity index (χ0n) is 8.06. The number of nitrogens with zero attached hydrogens (tertiary/aromatic N) is 2. The maximum atomic E-state index is 10.9. The number of rotatable bonds is 2. The summed E-state index contributed by atoms with van der Waals surface area (Å²) in [6.07, 6.45) is 4.62. The highest BCUT2D eigenvalue weighted by Crippen LogP contribution is 2.23. The van der Waals surface area contributed by atoms with Gasteiger partial charge in [0.1, 0.15) is 6.33 Å². The maximum absolute atomic E-state index is 10.9. The topological polar surface area (TPSA) is 78.9 Å². The molecule has 2 N–H and O–H groups in total. The molecular formula is C10H9N3O2. The third kappa shape index (κ3) is 1.59. The molecule has 0 saturated heterocycles. The molecule has 0 aliphatic rings. The van der Waals surface area contributed by atoms with Crippen molar-refractivity contribution in [1.82, 2.24) is 15.0 Å². The molecule has 2 heterocycles. The van der Waals surface area contributed by atoms with Crippen molar-refractivity contribution in [1.29, 1.82) is 0 Å². The van der Waals surface area contributed by atoms with E-state index in [2.05, 4.69) is 15.0 Å². The molecule has 5 nitrogen and oxygen atoms in total. The molecule has 0 bridgehead atoms. The number of aryl methyl sites for hydroxylation is 1. The summed E-state index contributed by atoms with van der Waals surface area (Å²) >= 11 is 0. The summed E-state index contributed by atoms with van der Waals surface area (Å²) < 4.78 is 0. The van der Waals surface area contributed by atoms with Crippen LogP contribution in [0, 0.1) is 6.92 Å². The van der Waals surface area contributed by atoms with Crippen molar-refractivity contribution in [3.05, 3.63) is 36.0 Å². The Hall–Kier alpha value is -2.17. The Morgan fingerprint density at radius 1 is 1.53 bits per heavy atom. The molecule has 0 aliphatic heterocycles. The smallest absolute Gasteiger partial charge is 0.337 e. The molecule has 0 aromatic carbocycles. The zero-order chi connectivity index (χ0) is 10.8. The van der Waals surface area contributed by atoms with Crippen LogP contribution in [0.5, 0.6) is 0 Å². The molecule has 0 unspecified atom stereocenters. The average Bonchev–Trinajstić information content (AvgIpc) is 2.67. The van der Waals surface area contributed by atoms with Gasteiger partial charge in [-0.25, -0.2) is 14.8 Å². The predicted molar refractivity (Wildman–Crippen MR) is 53.5 cm³/mol. The van der Waals surface area contributed by atoms with E-state index < -0.39 is 5.97 Å². The fraction of sp³-hybridized carbons (Fsp3) is 0.100. The number of carbonyl (C=O) groups is 1. The summed E-state index contributed by atoms with van der Waals surface area (Å²) in [6.45, 7) is 1.81. The molecule has 2 rings (SSSR count). The number of nitrogens with one attached hydrogen (secondary N) is 1. The quantitative estimate of drug-likeness (QED) is 0.774. The van der Waals surface area contributed by atoms with E-state index in [4.69, 9.17) is 5.11 Å². The summed E-state index contributed by atoms with van der Waals surface area (Å²) in [5, 5.41) is 8.95. The van der Waals surface area contributed by atoms with Gasteiger partial charge in [-0.05, 0) is 13.0 Å². The lowest BCUT2D eigenvalue weighted by molar-refractivity contribution is 0.0698. The largest absolute Gasteiger partial charge is 0.478 e. The minimum Gasteiger partial charge on any atom is -0.478 e. The summed E-state index contributed by atoms with van der Waals surface area (Å²) in [6, 6.07) is 1.52. The van der Waals surface area contributed by atoms with E-state index in [0.29, 0.717) is 11.3 Å². The fourth-order valence-corrected chi connectivity index (χ4v) is 1.41. The average molecular weight is 203 g/mol. The minimum atomic E-state index is -0.963. The molecule has 0 atom stereocenters. The summed E-state index contributed by atoms with van der Waals surface area (Å²) in [5.74, 6) is -0.963. The molecule has 0 radical (unpaired) electrons. The highest BCUT2D eigenvalue weighted by molar-refractivity contribution is 5.95. The van der Waals surface area contributed by atoms with E-state index >= 15 is 0 Å². The van der Waals surface area contributed by atoms with Crippen LogP contribution in [-0.2, 0) is 0 Å². The molecule has 15 heavy (non-hydrogen) atoms. The Morgan fingerprint density at radius 2 is 2.33 bits per heavy atom. The van der Waals surface area contributed by atoms with Crippen molar-refractivity contribution >= 4 is 5.97 Å². The van der Waals surface area contributed by atoms with Crippen LogP contribution in [0.1, 0.15) is 16.1 Å². The summed E-state index contributed by atoms with van der Waals surface area (Å²) in [5.41, 5.74) is 2.23. The van der Waals surface area contributed by atoms with Crippen LogP contribution >= 0.6 is 0 Å². The number of carboxylic acids is 1. The van der Waals surface area contributed by atoms with Crippen molar-refractivity contribution < 1.29 is 9.90 Å². The standard InChI is InChI=1S/C10H9N3O2/c1-6-8(4-11-5-13-6)9-7(10(14)15)2-3-12-9/h2-5,12H,1H3,(H,14,15). The second-order valence-electron chi connectivity index (χ2n) is 3.09. The van der Waals surface area contributed by atoms with E-state index in [1.54, 1.807) is 12.4 Å². The number of aromatic carboxylic acids is 1. The fourth-order valence-electron chi connectivity index (χ4n) is 1.41. The van der Waals surface area contributed by atoms with Crippen molar-refractivity contribution in [2.45, 2.75) is 6.92 Å². The Morgan fingerprint density at radius 3 is 3.00 bits per heavy atom. The third-order valence-corrected chi connectivity index (χ3v) is 2.16. The minimum absolute atomic E-state index is 0.230. The number of hydrogen-bond donors (Lipinski definition) is 2. The second-order valence-corrected chi connectivity index (χ2v) is 3.09. The van der Waals surface area contributed by atoms with E-state index in [1.807, 2.05) is 6.92 Å². The van der Waals surface area contributed by atoms with Gasteiger partial charge in [0.05, 0.1) is 11.3 Å². The van der Waals surface area contributed by atoms with Gasteiger partial charge in [-0.15, -0.1) is 0 Å². The first-order chi connectivity index (χ1) is 7.20. The van der Waals surface area contributed by atoms with Crippen molar-refractivity contribution in [2.24, 2.45) is 0 Å². The molecule has 0 fully saturated rings. The molecular weight excluding hydrogens is 194 g/mol. The lowest BCUT2D eigenvalue weighted by atomic mass is 10.1. The molecule has 2 aromatic heterocycles. The Labute approximate surface area is 85.8 Å². The van der Waals surface area contributed by atoms with Crippen molar-refractivity contribution in [2.75, 3.05) is 0 Å². The molecule has 5 heteroatoms. The van der Waals surface area contributed by atoms with Gasteiger partial charge in [0.2, 0.25) is 0 Å². The van der Waals surface area contributed by atoms with Gasteiger partial charge in [-0.1, -0.05) is 0 Å². The van der Waals surface area contributed by atoms with Gasteiger partial charge < -0.3 is 10.1 Å². The van der Waals surface area contributed by atoms with Gasteiger partial charge in [0, 0.05) is 23.7 Å². The van der Waals surface area contributed by atoms with E-state index in [9.17, 15) is 4.79 Å². The second kappa shape index (κ2) is 3.53. The van der Waals surface area contributed by atoms with Crippen LogP contribution < -0.4 is 0 Å². The van der Waals surface area contributed by atoms with E-state index in [0.717, 1.165) is 5.69 Å². The van der Waals surface area contributed by atoms with Crippen LogP contribution in [0.2, 0.25) is 0 Å². The van der Waals surface area contributed by atoms with Gasteiger partial charge in [-0.3, -0.25) is 0 Å². The van der Waals surface area contributed by atoms with Gasteiger partial charge >= 0.3 is 5.97 Å². The number of hydrogen-bond acceptors (Lipinski definition) is 3. The van der Waals surface area contributed by atoms with Crippen LogP contribution in [0.25, 0.3) is 11.3 Å². The van der Waals surface area contributed by atoms with Crippen molar-refractivity contribution in [3.8, 4) is 11.3 Å². The zero-order valence-corrected chi connectivity index (χ0v) is 8.06. The van der Waals surface area contributed by atoms with Crippen molar-refractivity contribution in [3.63, 3.8) is 0 Å². The monoisotopic (exact) mass is 203 g/mol. The van der Waals surface area contributed by atoms with Gasteiger partial charge in [-0.2, -0.15) is 0 Å². The summed E-state index contributed by atoms with van der Waals surface area (Å²) in [4.78, 5) is 21.7. The summed E-state index contributed by atoms with van der Waals surface area (Å²) in [7, 11) is 0. The predicted octanol–water partition coefficient (Wildman–Crippen LogP) is 1.48. The first kappa shape index (κ1) is 9.39. The lowest BCUT2D eigenvalue weighted by Gasteiger charge is -2.02. The van der Waals surface area contributed by atoms with Crippen LogP contribution in [0.3, 0.4) is 0 Å². The molecule has 76 valence electrons. The number of H-pyrrole nitrogens is 1. The highest BCUT2D eigenvalue weighted by atomic mass is 16.4. The number of aromatic nitrogens is 3. The van der Waals surface area contributed by atoms with Gasteiger partial charge in [0.25, 0.3) is 0 Å². The maximum Gasteiger partial charge on any atom is 0.337 e. The first-order valence-electron chi connectivity index (χ1n) is 4.38. The molecule has 0 spiro atoms. The Balaban J connectivity index is 2.59. The molecule has 0 aliphatic carbocycles. The van der Waals surface area contributed by atoms with Crippen LogP contribution in [0.15, 0.2) is 24.8 Å². The van der Waals surface area contributed by atoms with Crippen LogP contribution in [0.4, 0.5) is 0 Å². The lowest BCUT2D eigenvalue weighted by Crippen LogP contribution is -1.98. The molecule has 0 amide bonds. The third-order valence-electron chi connectivity index (χ3n) is 2.16. The number of aromatic amines is 1. The van der Waals surface area contributed by atoms with E-state index in [-0.39, 0.29) is 5.56 Å².